The number of nitrogens with zero attached hydrogens (tertiary/aromatic N) is 3. The number of likely N-dealkylation sites (tertiary alicyclic amines) is 1. The van der Waals surface area contributed by atoms with Gasteiger partial charge in [-0.15, -0.1) is 0 Å². The quantitative estimate of drug-likeness (QED) is 0.901. The standard InChI is InChI=1S/C18H26FN3O2/c1-14-6-7-20(12-17(14)23)13-18(24)22-10-8-21(9-11-22)16-5-3-2-4-15(16)19/h2-5,14,17,23H,6-13H2,1H3. The monoisotopic (exact) mass is 335 g/mol. The summed E-state index contributed by atoms with van der Waals surface area (Å²) in [4.78, 5) is 18.4. The van der Waals surface area contributed by atoms with Gasteiger partial charge in [0.1, 0.15) is 5.82 Å². The van der Waals surface area contributed by atoms with Gasteiger partial charge in [-0.1, -0.05) is 19.1 Å². The van der Waals surface area contributed by atoms with Gasteiger partial charge >= 0.3 is 0 Å². The third-order valence-corrected chi connectivity index (χ3v) is 5.19. The lowest BCUT2D eigenvalue weighted by atomic mass is 9.96. The second-order valence-corrected chi connectivity index (χ2v) is 6.89. The van der Waals surface area contributed by atoms with Crippen molar-refractivity contribution in [3.05, 3.63) is 30.1 Å². The molecule has 24 heavy (non-hydrogen) atoms. The number of piperazine rings is 1. The SMILES string of the molecule is CC1CCN(CC(=O)N2CCN(c3ccccc3F)CC2)CC1O. The third kappa shape index (κ3) is 3.87. The van der Waals surface area contributed by atoms with Gasteiger partial charge in [-0.2, -0.15) is 0 Å². The summed E-state index contributed by atoms with van der Waals surface area (Å²) in [6, 6.07) is 6.77. The van der Waals surface area contributed by atoms with Crippen molar-refractivity contribution in [2.75, 3.05) is 50.7 Å². The molecule has 2 unspecified atom stereocenters. The van der Waals surface area contributed by atoms with Gasteiger partial charge in [0.25, 0.3) is 0 Å². The number of carbonyl (C=O) groups excluding carboxylic acids is 1. The van der Waals surface area contributed by atoms with Crippen LogP contribution in [0.5, 0.6) is 0 Å². The third-order valence-electron chi connectivity index (χ3n) is 5.19. The van der Waals surface area contributed by atoms with E-state index in [-0.39, 0.29) is 17.8 Å². The molecule has 0 aromatic heterocycles. The van der Waals surface area contributed by atoms with E-state index in [1.54, 1.807) is 12.1 Å². The van der Waals surface area contributed by atoms with E-state index in [4.69, 9.17) is 0 Å². The molecule has 0 saturated carbocycles. The molecule has 0 spiro atoms. The molecular formula is C18H26FN3O2. The molecule has 2 aliphatic heterocycles. The predicted octanol–water partition coefficient (Wildman–Crippen LogP) is 1.18. The first-order valence-corrected chi connectivity index (χ1v) is 8.72. The molecule has 2 fully saturated rings. The second kappa shape index (κ2) is 7.49. The molecule has 0 bridgehead atoms. The van der Waals surface area contributed by atoms with E-state index in [9.17, 15) is 14.3 Å². The maximum atomic E-state index is 13.9. The van der Waals surface area contributed by atoms with Crippen LogP contribution in [0.1, 0.15) is 13.3 Å². The number of aliphatic hydroxyl groups is 1. The van der Waals surface area contributed by atoms with Gasteiger partial charge in [0.15, 0.2) is 0 Å². The van der Waals surface area contributed by atoms with Crippen molar-refractivity contribution in [3.8, 4) is 0 Å². The summed E-state index contributed by atoms with van der Waals surface area (Å²) >= 11 is 0. The minimum Gasteiger partial charge on any atom is -0.392 e. The minimum atomic E-state index is -0.343. The molecule has 1 aromatic rings. The van der Waals surface area contributed by atoms with Crippen molar-refractivity contribution in [1.82, 2.24) is 9.80 Å². The van der Waals surface area contributed by atoms with Crippen LogP contribution in [0.4, 0.5) is 10.1 Å². The molecule has 3 rings (SSSR count). The number of hydrogen-bond acceptors (Lipinski definition) is 4. The first-order valence-electron chi connectivity index (χ1n) is 8.72. The van der Waals surface area contributed by atoms with Crippen LogP contribution < -0.4 is 4.90 Å². The number of β-amino-alcohol motifs (C(OH)–C–C–N with tert-alkyl or cyclic N) is 1. The topological polar surface area (TPSA) is 47.0 Å². The van der Waals surface area contributed by atoms with Crippen molar-refractivity contribution in [2.24, 2.45) is 5.92 Å². The molecule has 2 heterocycles. The summed E-state index contributed by atoms with van der Waals surface area (Å²) in [5.41, 5.74) is 0.609. The second-order valence-electron chi connectivity index (χ2n) is 6.89. The van der Waals surface area contributed by atoms with Gasteiger partial charge < -0.3 is 14.9 Å². The van der Waals surface area contributed by atoms with Gasteiger partial charge in [-0.25, -0.2) is 4.39 Å². The van der Waals surface area contributed by atoms with Crippen molar-refractivity contribution in [3.63, 3.8) is 0 Å². The average molecular weight is 335 g/mol. The molecule has 1 N–H and O–H groups in total. The van der Waals surface area contributed by atoms with Crippen LogP contribution in [0, 0.1) is 11.7 Å². The summed E-state index contributed by atoms with van der Waals surface area (Å²) in [6.45, 7) is 6.36. The fourth-order valence-corrected chi connectivity index (χ4v) is 3.45. The Morgan fingerprint density at radius 1 is 1.21 bits per heavy atom. The number of para-hydroxylation sites is 1. The molecular weight excluding hydrogens is 309 g/mol. The summed E-state index contributed by atoms with van der Waals surface area (Å²) < 4.78 is 13.9. The fraction of sp³-hybridized carbons (Fsp3) is 0.611. The number of benzene rings is 1. The summed E-state index contributed by atoms with van der Waals surface area (Å²) in [6.07, 6.45) is 0.583. The fourth-order valence-electron chi connectivity index (χ4n) is 3.45. The Balaban J connectivity index is 1.49. The van der Waals surface area contributed by atoms with E-state index in [2.05, 4.69) is 0 Å². The van der Waals surface area contributed by atoms with Gasteiger partial charge in [0.2, 0.25) is 5.91 Å². The minimum absolute atomic E-state index is 0.102. The zero-order chi connectivity index (χ0) is 17.1. The molecule has 132 valence electrons. The molecule has 0 aliphatic carbocycles. The summed E-state index contributed by atoms with van der Waals surface area (Å²) in [5.74, 6) is 0.194. The summed E-state index contributed by atoms with van der Waals surface area (Å²) in [5, 5.41) is 9.95. The largest absolute Gasteiger partial charge is 0.392 e. The Bertz CT molecular complexity index is 575. The van der Waals surface area contributed by atoms with Crippen LogP contribution in [0.2, 0.25) is 0 Å². The first kappa shape index (κ1) is 17.2. The number of carbonyl (C=O) groups is 1. The lowest BCUT2D eigenvalue weighted by Gasteiger charge is -2.38. The number of anilines is 1. The van der Waals surface area contributed by atoms with Gasteiger partial charge in [0.05, 0.1) is 18.3 Å². The highest BCUT2D eigenvalue weighted by atomic mass is 19.1. The lowest BCUT2D eigenvalue weighted by molar-refractivity contribution is -0.133. The van der Waals surface area contributed by atoms with Crippen LogP contribution in [-0.4, -0.2) is 72.7 Å². The highest BCUT2D eigenvalue weighted by molar-refractivity contribution is 5.78. The van der Waals surface area contributed by atoms with E-state index < -0.39 is 0 Å². The number of rotatable bonds is 3. The number of hydrogen-bond donors (Lipinski definition) is 1. The average Bonchev–Trinajstić information content (AvgIpc) is 2.59. The van der Waals surface area contributed by atoms with E-state index in [0.717, 1.165) is 13.0 Å². The Hall–Kier alpha value is -1.66. The Kier molecular flexibility index (Phi) is 5.36. The first-order chi connectivity index (χ1) is 11.5. The summed E-state index contributed by atoms with van der Waals surface area (Å²) in [7, 11) is 0. The number of piperidine rings is 1. The zero-order valence-corrected chi connectivity index (χ0v) is 14.2. The van der Waals surface area contributed by atoms with Crippen molar-refractivity contribution in [2.45, 2.75) is 19.4 Å². The zero-order valence-electron chi connectivity index (χ0n) is 14.2. The highest BCUT2D eigenvalue weighted by Crippen LogP contribution is 2.21. The maximum absolute atomic E-state index is 13.9. The molecule has 1 aromatic carbocycles. The van der Waals surface area contributed by atoms with E-state index in [1.807, 2.05) is 27.7 Å². The molecule has 2 atom stereocenters. The lowest BCUT2D eigenvalue weighted by Crippen LogP contribution is -2.53. The molecule has 2 saturated heterocycles. The van der Waals surface area contributed by atoms with E-state index >= 15 is 0 Å². The smallest absolute Gasteiger partial charge is 0.236 e. The van der Waals surface area contributed by atoms with Gasteiger partial charge in [-0.3, -0.25) is 9.69 Å². The van der Waals surface area contributed by atoms with Crippen LogP contribution in [-0.2, 0) is 4.79 Å². The molecule has 0 radical (unpaired) electrons. The van der Waals surface area contributed by atoms with Gasteiger partial charge in [-0.05, 0) is 31.0 Å². The molecule has 6 heteroatoms. The Labute approximate surface area is 142 Å². The molecule has 5 nitrogen and oxygen atoms in total. The van der Waals surface area contributed by atoms with Crippen molar-refractivity contribution in [1.29, 1.82) is 0 Å². The van der Waals surface area contributed by atoms with Crippen molar-refractivity contribution < 1.29 is 14.3 Å². The Morgan fingerprint density at radius 2 is 1.92 bits per heavy atom. The number of amides is 1. The maximum Gasteiger partial charge on any atom is 0.236 e. The van der Waals surface area contributed by atoms with E-state index in [0.29, 0.717) is 50.9 Å². The number of halogens is 1. The van der Waals surface area contributed by atoms with Crippen LogP contribution in [0.15, 0.2) is 24.3 Å². The predicted molar refractivity (Wildman–Crippen MR) is 91.4 cm³/mol. The van der Waals surface area contributed by atoms with Crippen LogP contribution >= 0.6 is 0 Å². The Morgan fingerprint density at radius 3 is 2.58 bits per heavy atom. The normalized spacial score (nSPS) is 25.8. The number of aliphatic hydroxyl groups excluding tert-OH is 1. The van der Waals surface area contributed by atoms with E-state index in [1.165, 1.54) is 6.07 Å². The van der Waals surface area contributed by atoms with Crippen LogP contribution in [0.3, 0.4) is 0 Å². The molecule has 2 aliphatic rings. The molecule has 1 amide bonds. The van der Waals surface area contributed by atoms with Crippen LogP contribution in [0.25, 0.3) is 0 Å². The van der Waals surface area contributed by atoms with Gasteiger partial charge in [0, 0.05) is 32.7 Å². The van der Waals surface area contributed by atoms with Crippen molar-refractivity contribution >= 4 is 11.6 Å². The highest BCUT2D eigenvalue weighted by Gasteiger charge is 2.28.